The molecule has 0 N–H and O–H groups in total. The van der Waals surface area contributed by atoms with Gasteiger partial charge in [-0.15, -0.1) is 0 Å². The molecule has 3 rings (SSSR count). The fourth-order valence-corrected chi connectivity index (χ4v) is 4.87. The topological polar surface area (TPSA) is 71.1 Å². The molecule has 0 amide bonds. The normalized spacial score (nSPS) is 11.5. The van der Waals surface area contributed by atoms with E-state index in [0.717, 1.165) is 18.2 Å². The summed E-state index contributed by atoms with van der Waals surface area (Å²) in [6.07, 6.45) is 3.21. The number of benzene rings is 3. The smallest absolute Gasteiger partial charge is 0.203 e. The predicted octanol–water partition coefficient (Wildman–Crippen LogP) is 5.28. The van der Waals surface area contributed by atoms with Crippen LogP contribution in [0.2, 0.25) is 0 Å². The minimum atomic E-state index is -4.18. The predicted molar refractivity (Wildman–Crippen MR) is 125 cm³/mol. The van der Waals surface area contributed by atoms with E-state index in [1.807, 2.05) is 0 Å². The lowest BCUT2D eigenvalue weighted by molar-refractivity contribution is 0.324. The molecular weight excluding hydrogens is 485 g/mol. The van der Waals surface area contributed by atoms with Crippen molar-refractivity contribution in [1.82, 2.24) is 0 Å². The summed E-state index contributed by atoms with van der Waals surface area (Å²) in [4.78, 5) is -0.442. The Hall–Kier alpha value is -3.66. The molecule has 0 heterocycles. The summed E-state index contributed by atoms with van der Waals surface area (Å²) in [5.74, 6) is -3.03. The summed E-state index contributed by atoms with van der Waals surface area (Å²) >= 11 is 0. The van der Waals surface area contributed by atoms with Crippen LogP contribution in [0.15, 0.2) is 47.4 Å². The summed E-state index contributed by atoms with van der Waals surface area (Å²) in [7, 11) is 1.44. The largest absolute Gasteiger partial charge is 0.493 e. The van der Waals surface area contributed by atoms with Gasteiger partial charge in [-0.3, -0.25) is 0 Å². The van der Waals surface area contributed by atoms with E-state index >= 15 is 0 Å². The first kappa shape index (κ1) is 26.0. The van der Waals surface area contributed by atoms with Crippen LogP contribution in [-0.4, -0.2) is 36.9 Å². The van der Waals surface area contributed by atoms with Gasteiger partial charge in [0.2, 0.25) is 5.75 Å². The number of halogens is 3. The quantitative estimate of drug-likeness (QED) is 0.289. The molecule has 3 aromatic carbocycles. The standard InChI is InChI=1S/C25H23F3O6S/c1-31-22-11-15(12-23(32-2)25(22)34-4)5-6-16-7-9-20(27)24(33-3)18(16)14-35(29,30)17-8-10-19(26)21(28)13-17/h5-13H,14H2,1-4H3/b6-5-. The summed E-state index contributed by atoms with van der Waals surface area (Å²) < 4.78 is 88.5. The van der Waals surface area contributed by atoms with Gasteiger partial charge in [0.15, 0.2) is 44.5 Å². The highest BCUT2D eigenvalue weighted by atomic mass is 32.2. The zero-order chi connectivity index (χ0) is 25.8. The van der Waals surface area contributed by atoms with Crippen molar-refractivity contribution in [3.63, 3.8) is 0 Å². The Balaban J connectivity index is 2.08. The van der Waals surface area contributed by atoms with Crippen molar-refractivity contribution in [3.8, 4) is 23.0 Å². The first-order valence-corrected chi connectivity index (χ1v) is 11.8. The molecular formula is C25H23F3O6S. The van der Waals surface area contributed by atoms with Crippen LogP contribution in [0, 0.1) is 17.5 Å². The number of rotatable bonds is 9. The second-order valence-electron chi connectivity index (χ2n) is 7.28. The highest BCUT2D eigenvalue weighted by Gasteiger charge is 2.23. The number of sulfone groups is 1. The zero-order valence-electron chi connectivity index (χ0n) is 19.4. The van der Waals surface area contributed by atoms with E-state index in [-0.39, 0.29) is 11.3 Å². The van der Waals surface area contributed by atoms with Crippen LogP contribution in [0.3, 0.4) is 0 Å². The summed E-state index contributed by atoms with van der Waals surface area (Å²) in [6.45, 7) is 0. The fourth-order valence-electron chi connectivity index (χ4n) is 3.47. The van der Waals surface area contributed by atoms with Crippen LogP contribution < -0.4 is 18.9 Å². The van der Waals surface area contributed by atoms with E-state index in [4.69, 9.17) is 18.9 Å². The van der Waals surface area contributed by atoms with Crippen molar-refractivity contribution in [3.05, 3.63) is 76.6 Å². The summed E-state index contributed by atoms with van der Waals surface area (Å²) in [5.41, 5.74) is 0.973. The first-order chi connectivity index (χ1) is 16.6. The van der Waals surface area contributed by atoms with Crippen LogP contribution in [0.4, 0.5) is 13.2 Å². The first-order valence-electron chi connectivity index (χ1n) is 10.2. The molecule has 0 aromatic heterocycles. The lowest BCUT2D eigenvalue weighted by atomic mass is 10.0. The van der Waals surface area contributed by atoms with Gasteiger partial charge in [-0.05, 0) is 47.5 Å². The van der Waals surface area contributed by atoms with Crippen LogP contribution in [0.25, 0.3) is 12.2 Å². The second kappa shape index (κ2) is 10.7. The summed E-state index contributed by atoms with van der Waals surface area (Å²) in [5, 5.41) is 0. The lowest BCUT2D eigenvalue weighted by Crippen LogP contribution is -2.09. The highest BCUT2D eigenvalue weighted by Crippen LogP contribution is 2.39. The Kier molecular flexibility index (Phi) is 7.96. The molecule has 0 fully saturated rings. The minimum absolute atomic E-state index is 0.0147. The van der Waals surface area contributed by atoms with E-state index in [1.54, 1.807) is 24.3 Å². The molecule has 0 unspecified atom stereocenters. The highest BCUT2D eigenvalue weighted by molar-refractivity contribution is 7.90. The third-order valence-corrected chi connectivity index (χ3v) is 6.82. The van der Waals surface area contributed by atoms with E-state index in [9.17, 15) is 21.6 Å². The number of hydrogen-bond acceptors (Lipinski definition) is 6. The van der Waals surface area contributed by atoms with E-state index in [0.29, 0.717) is 34.4 Å². The van der Waals surface area contributed by atoms with Gasteiger partial charge in [0.1, 0.15) is 0 Å². The van der Waals surface area contributed by atoms with E-state index in [2.05, 4.69) is 0 Å². The third kappa shape index (κ3) is 5.54. The summed E-state index contributed by atoms with van der Waals surface area (Å²) in [6, 6.07) is 8.14. The van der Waals surface area contributed by atoms with Gasteiger partial charge in [0.25, 0.3) is 0 Å². The van der Waals surface area contributed by atoms with Crippen molar-refractivity contribution in [2.75, 3.05) is 28.4 Å². The van der Waals surface area contributed by atoms with Crippen LogP contribution in [0.1, 0.15) is 16.7 Å². The van der Waals surface area contributed by atoms with Crippen molar-refractivity contribution in [1.29, 1.82) is 0 Å². The SMILES string of the molecule is COc1cc(/C=C\c2ccc(F)c(OC)c2CS(=O)(=O)c2ccc(F)c(F)c2)cc(OC)c1OC. The molecule has 186 valence electrons. The minimum Gasteiger partial charge on any atom is -0.493 e. The molecule has 0 saturated heterocycles. The molecule has 0 aliphatic rings. The van der Waals surface area contributed by atoms with Crippen LogP contribution >= 0.6 is 0 Å². The molecule has 0 bridgehead atoms. The Labute approximate surface area is 201 Å². The molecule has 3 aromatic rings. The van der Waals surface area contributed by atoms with E-state index in [1.165, 1.54) is 34.5 Å². The Morgan fingerprint density at radius 3 is 1.86 bits per heavy atom. The molecule has 35 heavy (non-hydrogen) atoms. The van der Waals surface area contributed by atoms with Crippen LogP contribution in [-0.2, 0) is 15.6 Å². The molecule has 0 saturated carbocycles. The van der Waals surface area contributed by atoms with Gasteiger partial charge in [-0.1, -0.05) is 18.2 Å². The van der Waals surface area contributed by atoms with Gasteiger partial charge in [-0.2, -0.15) is 0 Å². The monoisotopic (exact) mass is 508 g/mol. The fraction of sp³-hybridized carbons (Fsp3) is 0.200. The maximum Gasteiger partial charge on any atom is 0.203 e. The maximum atomic E-state index is 14.5. The van der Waals surface area contributed by atoms with Crippen molar-refractivity contribution >= 4 is 22.0 Å². The molecule has 0 radical (unpaired) electrons. The number of ether oxygens (including phenoxy) is 4. The van der Waals surface area contributed by atoms with Crippen molar-refractivity contribution in [2.24, 2.45) is 0 Å². The number of hydrogen-bond donors (Lipinski definition) is 0. The van der Waals surface area contributed by atoms with Crippen molar-refractivity contribution in [2.45, 2.75) is 10.6 Å². The zero-order valence-corrected chi connectivity index (χ0v) is 20.2. The molecule has 0 spiro atoms. The van der Waals surface area contributed by atoms with Gasteiger partial charge < -0.3 is 18.9 Å². The van der Waals surface area contributed by atoms with Gasteiger partial charge in [0, 0.05) is 5.56 Å². The van der Waals surface area contributed by atoms with Gasteiger partial charge in [-0.25, -0.2) is 21.6 Å². The molecule has 0 aliphatic carbocycles. The maximum absolute atomic E-state index is 14.5. The Morgan fingerprint density at radius 1 is 0.714 bits per heavy atom. The average molecular weight is 509 g/mol. The molecule has 0 atom stereocenters. The van der Waals surface area contributed by atoms with Crippen LogP contribution in [0.5, 0.6) is 23.0 Å². The Morgan fingerprint density at radius 2 is 1.31 bits per heavy atom. The second-order valence-corrected chi connectivity index (χ2v) is 9.26. The van der Waals surface area contributed by atoms with Gasteiger partial charge >= 0.3 is 0 Å². The molecule has 6 nitrogen and oxygen atoms in total. The number of methoxy groups -OCH3 is 4. The molecule has 10 heteroatoms. The third-order valence-electron chi connectivity index (χ3n) is 5.18. The van der Waals surface area contributed by atoms with Crippen molar-refractivity contribution < 1.29 is 40.5 Å². The van der Waals surface area contributed by atoms with E-state index < -0.39 is 37.9 Å². The molecule has 0 aliphatic heterocycles. The Bertz CT molecular complexity index is 1340. The lowest BCUT2D eigenvalue weighted by Gasteiger charge is -2.14. The van der Waals surface area contributed by atoms with Gasteiger partial charge in [0.05, 0.1) is 39.1 Å². The average Bonchev–Trinajstić information content (AvgIpc) is 2.84.